The van der Waals surface area contributed by atoms with Gasteiger partial charge in [-0.1, -0.05) is 30.3 Å². The van der Waals surface area contributed by atoms with E-state index in [-0.39, 0.29) is 17.7 Å². The van der Waals surface area contributed by atoms with Crippen LogP contribution in [0.1, 0.15) is 30.9 Å². The predicted octanol–water partition coefficient (Wildman–Crippen LogP) is 3.34. The monoisotopic (exact) mass is 350 g/mol. The molecular weight excluding hydrogens is 328 g/mol. The van der Waals surface area contributed by atoms with Crippen molar-refractivity contribution < 1.29 is 14.3 Å². The molecule has 0 unspecified atom stereocenters. The molecule has 0 aromatic heterocycles. The van der Waals surface area contributed by atoms with Gasteiger partial charge in [-0.2, -0.15) is 0 Å². The van der Waals surface area contributed by atoms with Crippen molar-refractivity contribution in [3.63, 3.8) is 0 Å². The Balaban J connectivity index is 1.57. The first-order valence-electron chi connectivity index (χ1n) is 9.03. The molecule has 1 heterocycles. The highest BCUT2D eigenvalue weighted by Gasteiger charge is 2.31. The zero-order valence-corrected chi connectivity index (χ0v) is 14.8. The maximum Gasteiger partial charge on any atom is 0.263 e. The number of carbonyl (C=O) groups is 2. The Kier molecular flexibility index (Phi) is 4.37. The fourth-order valence-corrected chi connectivity index (χ4v) is 3.20. The number of hydrogen-bond donors (Lipinski definition) is 1. The molecule has 5 nitrogen and oxygen atoms in total. The van der Waals surface area contributed by atoms with Crippen LogP contribution in [0.15, 0.2) is 48.5 Å². The lowest BCUT2D eigenvalue weighted by molar-refractivity contribution is -0.138. The number of fused-ring (bicyclic) bond motifs is 1. The normalized spacial score (nSPS) is 19.3. The van der Waals surface area contributed by atoms with E-state index >= 15 is 0 Å². The van der Waals surface area contributed by atoms with Crippen LogP contribution in [0.25, 0.3) is 0 Å². The second-order valence-corrected chi connectivity index (χ2v) is 7.03. The molecule has 1 aliphatic heterocycles. The van der Waals surface area contributed by atoms with Crippen molar-refractivity contribution >= 4 is 17.5 Å². The molecule has 2 aromatic carbocycles. The van der Waals surface area contributed by atoms with Gasteiger partial charge in [0, 0.05) is 30.3 Å². The van der Waals surface area contributed by atoms with E-state index in [0.29, 0.717) is 18.8 Å². The maximum atomic E-state index is 12.7. The predicted molar refractivity (Wildman–Crippen MR) is 98.6 cm³/mol. The van der Waals surface area contributed by atoms with Crippen LogP contribution in [0.5, 0.6) is 5.75 Å². The van der Waals surface area contributed by atoms with Crippen LogP contribution in [-0.2, 0) is 22.7 Å². The van der Waals surface area contributed by atoms with Crippen LogP contribution >= 0.6 is 0 Å². The van der Waals surface area contributed by atoms with Gasteiger partial charge in [-0.25, -0.2) is 0 Å². The zero-order valence-electron chi connectivity index (χ0n) is 14.8. The average molecular weight is 350 g/mol. The molecule has 26 heavy (non-hydrogen) atoms. The molecule has 1 aliphatic carbocycles. The molecule has 0 saturated heterocycles. The van der Waals surface area contributed by atoms with E-state index < -0.39 is 6.10 Å². The lowest BCUT2D eigenvalue weighted by atomic mass is 10.1. The zero-order chi connectivity index (χ0) is 18.1. The molecule has 2 aliphatic rings. The summed E-state index contributed by atoms with van der Waals surface area (Å²) in [6, 6.07) is 15.5. The number of rotatable bonds is 4. The highest BCUT2D eigenvalue weighted by Crippen LogP contribution is 2.32. The van der Waals surface area contributed by atoms with E-state index in [4.69, 9.17) is 4.74 Å². The summed E-state index contributed by atoms with van der Waals surface area (Å²) in [6.07, 6.45) is 1.40. The highest BCUT2D eigenvalue weighted by atomic mass is 16.5. The fourth-order valence-electron chi connectivity index (χ4n) is 3.20. The molecule has 1 saturated carbocycles. The Hall–Kier alpha value is -2.82. The SMILES string of the molecule is C[C@@H]1Oc2ccc(NC(=O)C3CC3)cc2CN(Cc2ccccc2)C1=O. The summed E-state index contributed by atoms with van der Waals surface area (Å²) in [7, 11) is 0. The van der Waals surface area contributed by atoms with Crippen molar-refractivity contribution in [2.45, 2.75) is 39.0 Å². The van der Waals surface area contributed by atoms with Gasteiger partial charge in [0.25, 0.3) is 5.91 Å². The van der Waals surface area contributed by atoms with Crippen LogP contribution in [-0.4, -0.2) is 22.8 Å². The van der Waals surface area contributed by atoms with Crippen molar-refractivity contribution in [1.82, 2.24) is 4.90 Å². The van der Waals surface area contributed by atoms with Crippen molar-refractivity contribution in [3.8, 4) is 5.75 Å². The lowest BCUT2D eigenvalue weighted by Crippen LogP contribution is -2.37. The fraction of sp³-hybridized carbons (Fsp3) is 0.333. The number of hydrogen-bond acceptors (Lipinski definition) is 3. The minimum atomic E-state index is -0.535. The minimum Gasteiger partial charge on any atom is -0.481 e. The Labute approximate surface area is 153 Å². The highest BCUT2D eigenvalue weighted by molar-refractivity contribution is 5.94. The third-order valence-corrected chi connectivity index (χ3v) is 4.82. The van der Waals surface area contributed by atoms with E-state index in [1.807, 2.05) is 48.5 Å². The summed E-state index contributed by atoms with van der Waals surface area (Å²) in [6.45, 7) is 2.77. The van der Waals surface area contributed by atoms with Gasteiger partial charge in [-0.15, -0.1) is 0 Å². The Morgan fingerprint density at radius 1 is 1.19 bits per heavy atom. The second-order valence-electron chi connectivity index (χ2n) is 7.03. The molecule has 4 rings (SSSR count). The summed E-state index contributed by atoms with van der Waals surface area (Å²) >= 11 is 0. The van der Waals surface area contributed by atoms with Crippen molar-refractivity contribution in [2.75, 3.05) is 5.32 Å². The number of nitrogens with zero attached hydrogens (tertiary/aromatic N) is 1. The van der Waals surface area contributed by atoms with Crippen LogP contribution in [0.3, 0.4) is 0 Å². The molecule has 1 fully saturated rings. The molecule has 0 spiro atoms. The van der Waals surface area contributed by atoms with Crippen LogP contribution in [0.2, 0.25) is 0 Å². The Morgan fingerprint density at radius 3 is 2.69 bits per heavy atom. The minimum absolute atomic E-state index is 0.0337. The summed E-state index contributed by atoms with van der Waals surface area (Å²) in [5, 5.41) is 2.96. The summed E-state index contributed by atoms with van der Waals surface area (Å²) in [4.78, 5) is 26.5. The first-order valence-corrected chi connectivity index (χ1v) is 9.03. The van der Waals surface area contributed by atoms with Crippen LogP contribution in [0.4, 0.5) is 5.69 Å². The van der Waals surface area contributed by atoms with Gasteiger partial charge < -0.3 is 15.0 Å². The van der Waals surface area contributed by atoms with Gasteiger partial charge in [-0.3, -0.25) is 9.59 Å². The molecule has 2 aromatic rings. The van der Waals surface area contributed by atoms with E-state index in [2.05, 4.69) is 5.32 Å². The number of carbonyl (C=O) groups excluding carboxylic acids is 2. The molecule has 1 atom stereocenters. The first kappa shape index (κ1) is 16.6. The Morgan fingerprint density at radius 2 is 1.96 bits per heavy atom. The van der Waals surface area contributed by atoms with Crippen LogP contribution in [0, 0.1) is 5.92 Å². The quantitative estimate of drug-likeness (QED) is 0.920. The van der Waals surface area contributed by atoms with E-state index in [9.17, 15) is 9.59 Å². The molecule has 5 heteroatoms. The van der Waals surface area contributed by atoms with Gasteiger partial charge in [0.2, 0.25) is 5.91 Å². The molecule has 2 amide bonds. The van der Waals surface area contributed by atoms with Crippen molar-refractivity contribution in [2.24, 2.45) is 5.92 Å². The number of nitrogens with one attached hydrogen (secondary N) is 1. The molecule has 0 radical (unpaired) electrons. The summed E-state index contributed by atoms with van der Waals surface area (Å²) in [5.74, 6) is 0.894. The molecular formula is C21H22N2O3. The van der Waals surface area contributed by atoms with Gasteiger partial charge in [-0.05, 0) is 43.5 Å². The van der Waals surface area contributed by atoms with E-state index in [1.54, 1.807) is 11.8 Å². The number of benzene rings is 2. The summed E-state index contributed by atoms with van der Waals surface area (Å²) in [5.41, 5.74) is 2.74. The molecule has 0 bridgehead atoms. The standard InChI is InChI=1S/C21H22N2O3/c1-14-21(25)23(12-15-5-3-2-4-6-15)13-17-11-18(9-10-19(17)26-14)22-20(24)16-7-8-16/h2-6,9-11,14,16H,7-8,12-13H2,1H3,(H,22,24)/t14-/m0/s1. The lowest BCUT2D eigenvalue weighted by Gasteiger charge is -2.22. The van der Waals surface area contributed by atoms with E-state index in [0.717, 1.165) is 29.7 Å². The number of amides is 2. The second kappa shape index (κ2) is 6.83. The van der Waals surface area contributed by atoms with Crippen molar-refractivity contribution in [1.29, 1.82) is 0 Å². The third-order valence-electron chi connectivity index (χ3n) is 4.82. The van der Waals surface area contributed by atoms with Gasteiger partial charge in [0.1, 0.15) is 5.75 Å². The number of ether oxygens (including phenoxy) is 1. The van der Waals surface area contributed by atoms with Crippen LogP contribution < -0.4 is 10.1 Å². The topological polar surface area (TPSA) is 58.6 Å². The van der Waals surface area contributed by atoms with Gasteiger partial charge in [0.15, 0.2) is 6.10 Å². The third kappa shape index (κ3) is 3.57. The van der Waals surface area contributed by atoms with Gasteiger partial charge in [0.05, 0.1) is 0 Å². The first-order chi connectivity index (χ1) is 12.6. The average Bonchev–Trinajstić information content (AvgIpc) is 3.48. The summed E-state index contributed by atoms with van der Waals surface area (Å²) < 4.78 is 5.85. The molecule has 134 valence electrons. The molecule has 1 N–H and O–H groups in total. The van der Waals surface area contributed by atoms with Crippen molar-refractivity contribution in [3.05, 3.63) is 59.7 Å². The Bertz CT molecular complexity index is 830. The van der Waals surface area contributed by atoms with E-state index in [1.165, 1.54) is 0 Å². The smallest absolute Gasteiger partial charge is 0.263 e. The number of anilines is 1. The van der Waals surface area contributed by atoms with Gasteiger partial charge >= 0.3 is 0 Å². The largest absolute Gasteiger partial charge is 0.481 e. The maximum absolute atomic E-state index is 12.7.